The van der Waals surface area contributed by atoms with Gasteiger partial charge in [-0.05, 0) is 24.3 Å². The van der Waals surface area contributed by atoms with Crippen LogP contribution in [0.5, 0.6) is 0 Å². The van der Waals surface area contributed by atoms with Gasteiger partial charge in [0.15, 0.2) is 0 Å². The second kappa shape index (κ2) is 4.65. The van der Waals surface area contributed by atoms with Gasteiger partial charge in [0.25, 0.3) is 5.91 Å². The summed E-state index contributed by atoms with van der Waals surface area (Å²) in [7, 11) is 1.97. The van der Waals surface area contributed by atoms with Crippen LogP contribution in [0.4, 0.5) is 0 Å². The Morgan fingerprint density at radius 3 is 2.95 bits per heavy atom. The number of hydrogen-bond donors (Lipinski definition) is 2. The van der Waals surface area contributed by atoms with Crippen molar-refractivity contribution >= 4 is 16.8 Å². The van der Waals surface area contributed by atoms with E-state index in [0.717, 1.165) is 16.6 Å². The molecule has 19 heavy (non-hydrogen) atoms. The number of rotatable bonds is 3. The molecule has 0 unspecified atom stereocenters. The van der Waals surface area contributed by atoms with Crippen molar-refractivity contribution in [2.45, 2.75) is 6.54 Å². The number of aromatic amines is 1. The quantitative estimate of drug-likeness (QED) is 0.740. The summed E-state index contributed by atoms with van der Waals surface area (Å²) >= 11 is 0. The van der Waals surface area contributed by atoms with Crippen molar-refractivity contribution in [3.63, 3.8) is 0 Å². The zero-order valence-electron chi connectivity index (χ0n) is 10.7. The number of carbonyl (C=O) groups is 1. The number of nitrogens with one attached hydrogen (secondary N) is 2. The van der Waals surface area contributed by atoms with E-state index in [4.69, 9.17) is 0 Å². The maximum atomic E-state index is 12.2. The Morgan fingerprint density at radius 1 is 1.26 bits per heavy atom. The van der Waals surface area contributed by atoms with Gasteiger partial charge in [0, 0.05) is 30.5 Å². The molecule has 3 rings (SSSR count). The van der Waals surface area contributed by atoms with Gasteiger partial charge in [-0.3, -0.25) is 4.79 Å². The van der Waals surface area contributed by atoms with Crippen LogP contribution in [0.3, 0.4) is 0 Å². The predicted octanol–water partition coefficient (Wildman–Crippen LogP) is 2.44. The molecule has 4 heteroatoms. The number of nitrogens with zero attached hydrogens (tertiary/aromatic N) is 1. The van der Waals surface area contributed by atoms with Gasteiger partial charge in [-0.25, -0.2) is 0 Å². The fraction of sp³-hybridized carbons (Fsp3) is 0.133. The van der Waals surface area contributed by atoms with Crippen LogP contribution in [0.2, 0.25) is 0 Å². The molecule has 2 N–H and O–H groups in total. The number of fused-ring (bicyclic) bond motifs is 1. The first-order valence-electron chi connectivity index (χ1n) is 6.20. The maximum Gasteiger partial charge on any atom is 0.253 e. The molecular weight excluding hydrogens is 238 g/mol. The van der Waals surface area contributed by atoms with Gasteiger partial charge >= 0.3 is 0 Å². The van der Waals surface area contributed by atoms with E-state index in [1.807, 2.05) is 60.4 Å². The highest BCUT2D eigenvalue weighted by Crippen LogP contribution is 2.16. The lowest BCUT2D eigenvalue weighted by atomic mass is 10.1. The van der Waals surface area contributed by atoms with Crippen molar-refractivity contribution in [2.24, 2.45) is 7.05 Å². The van der Waals surface area contributed by atoms with E-state index in [0.29, 0.717) is 12.1 Å². The molecule has 0 saturated carbocycles. The molecule has 0 aliphatic rings. The summed E-state index contributed by atoms with van der Waals surface area (Å²) in [5.74, 6) is -0.0609. The number of carbonyl (C=O) groups excluding carboxylic acids is 1. The fourth-order valence-corrected chi connectivity index (χ4v) is 2.22. The lowest BCUT2D eigenvalue weighted by molar-refractivity contribution is 0.0951. The molecule has 1 aromatic carbocycles. The van der Waals surface area contributed by atoms with Crippen LogP contribution in [-0.2, 0) is 13.6 Å². The number of aromatic nitrogens is 2. The van der Waals surface area contributed by atoms with Crippen molar-refractivity contribution in [3.8, 4) is 0 Å². The fourth-order valence-electron chi connectivity index (χ4n) is 2.22. The molecular formula is C15H15N3O. The summed E-state index contributed by atoms with van der Waals surface area (Å²) in [6.45, 7) is 0.527. The number of H-pyrrole nitrogens is 1. The normalized spacial score (nSPS) is 10.8. The Kier molecular flexibility index (Phi) is 2.83. The van der Waals surface area contributed by atoms with Crippen LogP contribution in [-0.4, -0.2) is 15.5 Å². The van der Waals surface area contributed by atoms with Gasteiger partial charge in [-0.15, -0.1) is 0 Å². The number of aryl methyl sites for hydroxylation is 1. The van der Waals surface area contributed by atoms with E-state index in [9.17, 15) is 4.79 Å². The van der Waals surface area contributed by atoms with E-state index in [1.165, 1.54) is 0 Å². The first kappa shape index (κ1) is 11.6. The zero-order chi connectivity index (χ0) is 13.2. The van der Waals surface area contributed by atoms with E-state index in [-0.39, 0.29) is 5.91 Å². The van der Waals surface area contributed by atoms with E-state index >= 15 is 0 Å². The molecule has 0 bridgehead atoms. The lowest BCUT2D eigenvalue weighted by Crippen LogP contribution is -2.24. The lowest BCUT2D eigenvalue weighted by Gasteiger charge is -2.07. The minimum atomic E-state index is -0.0609. The molecule has 96 valence electrons. The van der Waals surface area contributed by atoms with Crippen LogP contribution in [0.1, 0.15) is 16.1 Å². The zero-order valence-corrected chi connectivity index (χ0v) is 10.7. The third kappa shape index (κ3) is 2.12. The minimum Gasteiger partial charge on any atom is -0.361 e. The van der Waals surface area contributed by atoms with Crippen LogP contribution in [0, 0.1) is 0 Å². The largest absolute Gasteiger partial charge is 0.361 e. The number of para-hydroxylation sites is 1. The molecule has 1 amide bonds. The summed E-state index contributed by atoms with van der Waals surface area (Å²) in [6, 6.07) is 11.6. The molecule has 0 aliphatic heterocycles. The summed E-state index contributed by atoms with van der Waals surface area (Å²) in [4.78, 5) is 15.3. The Balaban J connectivity index is 1.81. The first-order chi connectivity index (χ1) is 9.25. The third-order valence-corrected chi connectivity index (χ3v) is 3.31. The second-order valence-corrected chi connectivity index (χ2v) is 4.54. The topological polar surface area (TPSA) is 49.8 Å². The molecule has 3 aromatic rings. The second-order valence-electron chi connectivity index (χ2n) is 4.54. The number of hydrogen-bond acceptors (Lipinski definition) is 1. The standard InChI is InChI=1S/C15H15N3O/c1-18-9-3-5-12(18)10-17-15(19)13-6-2-4-11-7-8-16-14(11)13/h2-9,16H,10H2,1H3,(H,17,19). The molecule has 4 nitrogen and oxygen atoms in total. The molecule has 0 spiro atoms. The Bertz CT molecular complexity index is 724. The molecule has 2 aromatic heterocycles. The van der Waals surface area contributed by atoms with Crippen molar-refractivity contribution in [1.29, 1.82) is 0 Å². The average Bonchev–Trinajstić information content (AvgIpc) is 3.04. The summed E-state index contributed by atoms with van der Waals surface area (Å²) in [5, 5.41) is 3.99. The summed E-state index contributed by atoms with van der Waals surface area (Å²) in [5.41, 5.74) is 2.63. The molecule has 0 saturated heterocycles. The van der Waals surface area contributed by atoms with Gasteiger partial charge in [0.1, 0.15) is 0 Å². The third-order valence-electron chi connectivity index (χ3n) is 3.31. The van der Waals surface area contributed by atoms with Crippen molar-refractivity contribution in [1.82, 2.24) is 14.9 Å². The highest BCUT2D eigenvalue weighted by Gasteiger charge is 2.10. The molecule has 0 aliphatic carbocycles. The van der Waals surface area contributed by atoms with Gasteiger partial charge in [0.05, 0.1) is 17.6 Å². The summed E-state index contributed by atoms with van der Waals surface area (Å²) < 4.78 is 2.00. The van der Waals surface area contributed by atoms with Gasteiger partial charge in [-0.2, -0.15) is 0 Å². The maximum absolute atomic E-state index is 12.2. The monoisotopic (exact) mass is 253 g/mol. The van der Waals surface area contributed by atoms with Crippen molar-refractivity contribution < 1.29 is 4.79 Å². The smallest absolute Gasteiger partial charge is 0.253 e. The van der Waals surface area contributed by atoms with Gasteiger partial charge in [-0.1, -0.05) is 12.1 Å². The number of benzene rings is 1. The minimum absolute atomic E-state index is 0.0609. The van der Waals surface area contributed by atoms with E-state index in [1.54, 1.807) is 0 Å². The van der Waals surface area contributed by atoms with Crippen LogP contribution < -0.4 is 5.32 Å². The van der Waals surface area contributed by atoms with Crippen LogP contribution in [0.15, 0.2) is 48.8 Å². The SMILES string of the molecule is Cn1cccc1CNC(=O)c1cccc2cc[nH]c12. The Hall–Kier alpha value is -2.49. The van der Waals surface area contributed by atoms with Crippen molar-refractivity contribution in [2.75, 3.05) is 0 Å². The van der Waals surface area contributed by atoms with Gasteiger partial charge in [0.2, 0.25) is 0 Å². The van der Waals surface area contributed by atoms with Crippen LogP contribution >= 0.6 is 0 Å². The molecule has 0 atom stereocenters. The highest BCUT2D eigenvalue weighted by atomic mass is 16.1. The highest BCUT2D eigenvalue weighted by molar-refractivity contribution is 6.05. The Morgan fingerprint density at radius 2 is 2.16 bits per heavy atom. The Labute approximate surface area is 111 Å². The predicted molar refractivity (Wildman–Crippen MR) is 74.9 cm³/mol. The molecule has 0 fully saturated rings. The van der Waals surface area contributed by atoms with Crippen molar-refractivity contribution in [3.05, 3.63) is 60.0 Å². The molecule has 2 heterocycles. The van der Waals surface area contributed by atoms with E-state index < -0.39 is 0 Å². The van der Waals surface area contributed by atoms with E-state index in [2.05, 4.69) is 10.3 Å². The average molecular weight is 253 g/mol. The summed E-state index contributed by atoms with van der Waals surface area (Å²) in [6.07, 6.45) is 3.81. The number of amides is 1. The van der Waals surface area contributed by atoms with Gasteiger partial charge < -0.3 is 14.9 Å². The molecule has 0 radical (unpaired) electrons. The van der Waals surface area contributed by atoms with Crippen LogP contribution in [0.25, 0.3) is 10.9 Å². The first-order valence-corrected chi connectivity index (χ1v) is 6.20.